The first-order valence-electron chi connectivity index (χ1n) is 14.1. The van der Waals surface area contributed by atoms with Gasteiger partial charge in [0.25, 0.3) is 0 Å². The molecule has 2 aliphatic rings. The van der Waals surface area contributed by atoms with Crippen LogP contribution in [-0.4, -0.2) is 55.6 Å². The molecule has 2 N–H and O–H groups in total. The fourth-order valence-corrected chi connectivity index (χ4v) is 4.86. The quantitative estimate of drug-likeness (QED) is 0.354. The molecule has 1 heterocycles. The van der Waals surface area contributed by atoms with Gasteiger partial charge in [0, 0.05) is 30.3 Å². The predicted molar refractivity (Wildman–Crippen MR) is 154 cm³/mol. The largest absolute Gasteiger partial charge is 0.481 e. The first-order chi connectivity index (χ1) is 18.0. The summed E-state index contributed by atoms with van der Waals surface area (Å²) < 4.78 is 5.11. The standard InChI is InChI=1S/C17H32N2O.C9H13NO.C2H6.2CH2O/c1-2-3-6-12-19(16(20)8-4-5-11-18)15-13-17(14-15)9-7-10-17;1-4-8-6-5-7(2)10-9(8)11-3;3*1-2/h15H,2-14,18H2,1H3;5-6H,4H2,1-3H3;1-2H3;2*1H2. The second kappa shape index (κ2) is 22.9. The van der Waals surface area contributed by atoms with Crippen LogP contribution in [0, 0.1) is 12.3 Å². The topological polar surface area (TPSA) is 103 Å². The molecule has 1 spiro atoms. The third kappa shape index (κ3) is 13.2. The van der Waals surface area contributed by atoms with E-state index in [1.54, 1.807) is 7.11 Å². The van der Waals surface area contributed by atoms with Crippen LogP contribution in [0.2, 0.25) is 0 Å². The zero-order valence-electron chi connectivity index (χ0n) is 24.7. The maximum atomic E-state index is 12.4. The molecule has 2 fully saturated rings. The Labute approximate surface area is 226 Å². The van der Waals surface area contributed by atoms with Crippen molar-refractivity contribution in [2.45, 2.75) is 118 Å². The molecule has 2 aliphatic carbocycles. The van der Waals surface area contributed by atoms with Crippen molar-refractivity contribution >= 4 is 19.5 Å². The molecule has 0 atom stereocenters. The van der Waals surface area contributed by atoms with Crippen molar-refractivity contribution in [3.63, 3.8) is 0 Å². The normalized spacial score (nSPS) is 14.4. The molecule has 214 valence electrons. The van der Waals surface area contributed by atoms with Crippen molar-refractivity contribution in [1.29, 1.82) is 0 Å². The molecular formula is C30H55N3O4. The lowest BCUT2D eigenvalue weighted by molar-refractivity contribution is -0.142. The molecule has 0 aliphatic heterocycles. The van der Waals surface area contributed by atoms with Crippen LogP contribution in [0.25, 0.3) is 0 Å². The molecule has 0 unspecified atom stereocenters. The molecule has 7 heteroatoms. The highest BCUT2D eigenvalue weighted by atomic mass is 16.5. The summed E-state index contributed by atoms with van der Waals surface area (Å²) in [7, 11) is 1.65. The fourth-order valence-electron chi connectivity index (χ4n) is 4.86. The van der Waals surface area contributed by atoms with Gasteiger partial charge in [-0.25, -0.2) is 4.98 Å². The SMILES string of the molecule is C=O.C=O.CC.CCCCCN(C(=O)CCCCN)C1CC2(CCC2)C1.CCc1ccc(C)nc1OC. The minimum Gasteiger partial charge on any atom is -0.481 e. The number of nitrogens with two attached hydrogens (primary N) is 1. The number of rotatable bonds is 11. The molecule has 0 aromatic carbocycles. The Balaban J connectivity index is 0. The minimum atomic E-state index is 0.383. The third-order valence-electron chi connectivity index (χ3n) is 7.01. The molecule has 1 aromatic heterocycles. The first kappa shape index (κ1) is 36.9. The molecule has 1 aromatic rings. The number of hydrogen-bond acceptors (Lipinski definition) is 6. The Hall–Kier alpha value is -2.28. The summed E-state index contributed by atoms with van der Waals surface area (Å²) in [5.41, 5.74) is 8.34. The summed E-state index contributed by atoms with van der Waals surface area (Å²) in [4.78, 5) is 34.9. The minimum absolute atomic E-state index is 0.383. The van der Waals surface area contributed by atoms with Crippen LogP contribution in [0.4, 0.5) is 0 Å². The number of carbonyl (C=O) groups is 3. The average Bonchev–Trinajstić information content (AvgIpc) is 2.90. The number of amides is 1. The highest BCUT2D eigenvalue weighted by Gasteiger charge is 2.50. The van der Waals surface area contributed by atoms with Gasteiger partial charge >= 0.3 is 0 Å². The number of nitrogens with zero attached hydrogens (tertiary/aromatic N) is 2. The van der Waals surface area contributed by atoms with E-state index < -0.39 is 0 Å². The van der Waals surface area contributed by atoms with Gasteiger partial charge in [0.1, 0.15) is 13.6 Å². The summed E-state index contributed by atoms with van der Waals surface area (Å²) >= 11 is 0. The Morgan fingerprint density at radius 2 is 1.70 bits per heavy atom. The Kier molecular flexibility index (Phi) is 22.8. The molecule has 0 radical (unpaired) electrons. The van der Waals surface area contributed by atoms with Crippen molar-refractivity contribution in [3.8, 4) is 5.88 Å². The van der Waals surface area contributed by atoms with Gasteiger partial charge in [-0.3, -0.25) is 4.79 Å². The van der Waals surface area contributed by atoms with Crippen LogP contribution < -0.4 is 10.5 Å². The lowest BCUT2D eigenvalue weighted by atomic mass is 9.54. The zero-order valence-corrected chi connectivity index (χ0v) is 24.7. The lowest BCUT2D eigenvalue weighted by Crippen LogP contribution is -2.55. The second-order valence-electron chi connectivity index (χ2n) is 9.43. The number of aromatic nitrogens is 1. The van der Waals surface area contributed by atoms with Crippen molar-refractivity contribution in [3.05, 3.63) is 23.4 Å². The molecule has 7 nitrogen and oxygen atoms in total. The maximum Gasteiger partial charge on any atom is 0.222 e. The van der Waals surface area contributed by atoms with E-state index in [4.69, 9.17) is 20.1 Å². The van der Waals surface area contributed by atoms with E-state index in [1.807, 2.05) is 40.4 Å². The number of aryl methyl sites for hydroxylation is 2. The maximum absolute atomic E-state index is 12.4. The highest BCUT2D eigenvalue weighted by molar-refractivity contribution is 5.76. The van der Waals surface area contributed by atoms with E-state index in [9.17, 15) is 4.79 Å². The molecule has 37 heavy (non-hydrogen) atoms. The van der Waals surface area contributed by atoms with Crippen LogP contribution in [0.5, 0.6) is 5.88 Å². The Morgan fingerprint density at radius 3 is 2.16 bits per heavy atom. The highest BCUT2D eigenvalue weighted by Crippen LogP contribution is 2.57. The van der Waals surface area contributed by atoms with Gasteiger partial charge in [-0.15, -0.1) is 0 Å². The zero-order chi connectivity index (χ0) is 28.7. The number of carbonyl (C=O) groups excluding carboxylic acids is 3. The smallest absolute Gasteiger partial charge is 0.222 e. The second-order valence-corrected chi connectivity index (χ2v) is 9.43. The Bertz CT molecular complexity index is 700. The summed E-state index contributed by atoms with van der Waals surface area (Å²) in [5, 5.41) is 0. The van der Waals surface area contributed by atoms with Crippen molar-refractivity contribution < 1.29 is 19.1 Å². The van der Waals surface area contributed by atoms with Gasteiger partial charge in [0.15, 0.2) is 0 Å². The predicted octanol–water partition coefficient (Wildman–Crippen LogP) is 6.08. The van der Waals surface area contributed by atoms with Gasteiger partial charge < -0.3 is 25.0 Å². The summed E-state index contributed by atoms with van der Waals surface area (Å²) in [6, 6.07) is 4.61. The van der Waals surface area contributed by atoms with Crippen LogP contribution >= 0.6 is 0 Å². The Morgan fingerprint density at radius 1 is 1.08 bits per heavy atom. The molecule has 0 bridgehead atoms. The van der Waals surface area contributed by atoms with E-state index >= 15 is 0 Å². The third-order valence-corrected chi connectivity index (χ3v) is 7.01. The van der Waals surface area contributed by atoms with E-state index in [0.717, 1.165) is 42.9 Å². The van der Waals surface area contributed by atoms with Gasteiger partial charge in [0.2, 0.25) is 11.8 Å². The van der Waals surface area contributed by atoms with Gasteiger partial charge in [-0.05, 0) is 76.3 Å². The van der Waals surface area contributed by atoms with Crippen LogP contribution in [0.1, 0.15) is 110 Å². The molecule has 1 amide bonds. The monoisotopic (exact) mass is 521 g/mol. The average molecular weight is 522 g/mol. The summed E-state index contributed by atoms with van der Waals surface area (Å²) in [6.07, 6.45) is 14.0. The van der Waals surface area contributed by atoms with E-state index in [-0.39, 0.29) is 0 Å². The van der Waals surface area contributed by atoms with Crippen LogP contribution in [-0.2, 0) is 20.8 Å². The van der Waals surface area contributed by atoms with Gasteiger partial charge in [-0.1, -0.05) is 53.0 Å². The van der Waals surface area contributed by atoms with Crippen molar-refractivity contribution in [2.24, 2.45) is 11.1 Å². The van der Waals surface area contributed by atoms with Gasteiger partial charge in [-0.2, -0.15) is 0 Å². The molecule has 2 saturated carbocycles. The number of unbranched alkanes of at least 4 members (excludes halogenated alkanes) is 3. The molecule has 0 saturated heterocycles. The number of ether oxygens (including phenoxy) is 1. The van der Waals surface area contributed by atoms with Crippen molar-refractivity contribution in [2.75, 3.05) is 20.2 Å². The summed E-state index contributed by atoms with van der Waals surface area (Å²) in [6.45, 7) is 16.0. The number of hydrogen-bond donors (Lipinski definition) is 1. The van der Waals surface area contributed by atoms with E-state index in [0.29, 0.717) is 30.3 Å². The number of pyridine rings is 1. The van der Waals surface area contributed by atoms with E-state index in [2.05, 4.69) is 29.8 Å². The van der Waals surface area contributed by atoms with Crippen molar-refractivity contribution in [1.82, 2.24) is 9.88 Å². The first-order valence-corrected chi connectivity index (χ1v) is 14.1. The van der Waals surface area contributed by atoms with Crippen LogP contribution in [0.3, 0.4) is 0 Å². The molecule has 3 rings (SSSR count). The fraction of sp³-hybridized carbons (Fsp3) is 0.733. The number of methoxy groups -OCH3 is 1. The molecular weight excluding hydrogens is 466 g/mol. The van der Waals surface area contributed by atoms with Crippen LogP contribution in [0.15, 0.2) is 12.1 Å². The summed E-state index contributed by atoms with van der Waals surface area (Å²) in [5.74, 6) is 1.14. The van der Waals surface area contributed by atoms with Gasteiger partial charge in [0.05, 0.1) is 7.11 Å². The lowest BCUT2D eigenvalue weighted by Gasteiger charge is -2.57. The van der Waals surface area contributed by atoms with E-state index in [1.165, 1.54) is 51.4 Å².